The molecule has 2 saturated heterocycles. The minimum atomic E-state index is -1.78. The Balaban J connectivity index is 1.76. The molecule has 2 rings (SSSR count). The number of carbonyl (C=O) groups is 1. The number of hydrogen-bond donors (Lipinski definition) is 9. The van der Waals surface area contributed by atoms with Gasteiger partial charge in [0.05, 0.1) is 32.0 Å². The van der Waals surface area contributed by atoms with Crippen LogP contribution in [0, 0.1) is 0 Å². The lowest BCUT2D eigenvalue weighted by Gasteiger charge is -2.46. The van der Waals surface area contributed by atoms with Gasteiger partial charge in [0, 0.05) is 6.42 Å². The zero-order valence-electron chi connectivity index (χ0n) is 33.4. The predicted molar refractivity (Wildman–Crippen MR) is 208 cm³/mol. The molecule has 2 aliphatic rings. The summed E-state index contributed by atoms with van der Waals surface area (Å²) >= 11 is 0. The van der Waals surface area contributed by atoms with Crippen molar-refractivity contribution in [3.8, 4) is 0 Å². The number of allylic oxidation sites excluding steroid dienone is 4. The number of aliphatic hydroxyl groups is 8. The quantitative estimate of drug-likeness (QED) is 0.0377. The van der Waals surface area contributed by atoms with E-state index in [2.05, 4.69) is 36.5 Å². The fraction of sp³-hybridized carbons (Fsp3) is 0.878. The third-order valence-corrected chi connectivity index (χ3v) is 10.4. The molecule has 0 saturated carbocycles. The SMILES string of the molecule is CCCCCC/C=C\C/C=C\CCCCCCCCCC(=O)NC(COC1OC(CO)C(OC2OC(CO)C(O)C(O)C2O)C(O)C1O)C(O)CCCCC. The first-order chi connectivity index (χ1) is 26.6. The van der Waals surface area contributed by atoms with E-state index in [-0.39, 0.29) is 12.5 Å². The van der Waals surface area contributed by atoms with Crippen LogP contribution in [0.5, 0.6) is 0 Å². The highest BCUT2D eigenvalue weighted by molar-refractivity contribution is 5.76. The first-order valence-corrected chi connectivity index (χ1v) is 21.1. The van der Waals surface area contributed by atoms with Gasteiger partial charge in [0.1, 0.15) is 48.8 Å². The van der Waals surface area contributed by atoms with Gasteiger partial charge in [-0.3, -0.25) is 4.79 Å². The molecule has 0 radical (unpaired) electrons. The van der Waals surface area contributed by atoms with Crippen molar-refractivity contribution in [3.63, 3.8) is 0 Å². The minimum Gasteiger partial charge on any atom is -0.394 e. The molecule has 0 aromatic carbocycles. The molecule has 322 valence electrons. The number of rotatable bonds is 30. The van der Waals surface area contributed by atoms with Gasteiger partial charge in [-0.1, -0.05) is 109 Å². The third kappa shape index (κ3) is 18.7. The molecular weight excluding hydrogens is 714 g/mol. The molecule has 2 fully saturated rings. The first kappa shape index (κ1) is 49.6. The van der Waals surface area contributed by atoms with E-state index in [1.165, 1.54) is 51.4 Å². The lowest BCUT2D eigenvalue weighted by atomic mass is 9.97. The van der Waals surface area contributed by atoms with Gasteiger partial charge in [-0.05, 0) is 44.9 Å². The van der Waals surface area contributed by atoms with Crippen LogP contribution in [-0.4, -0.2) is 140 Å². The molecule has 0 spiro atoms. The van der Waals surface area contributed by atoms with Crippen molar-refractivity contribution < 1.29 is 64.6 Å². The summed E-state index contributed by atoms with van der Waals surface area (Å²) in [4.78, 5) is 12.9. The van der Waals surface area contributed by atoms with E-state index in [0.717, 1.165) is 51.4 Å². The highest BCUT2D eigenvalue weighted by atomic mass is 16.7. The second-order valence-electron chi connectivity index (χ2n) is 15.1. The Labute approximate surface area is 328 Å². The molecule has 2 heterocycles. The van der Waals surface area contributed by atoms with Gasteiger partial charge < -0.3 is 65.1 Å². The normalized spacial score (nSPS) is 29.9. The van der Waals surface area contributed by atoms with Crippen molar-refractivity contribution in [3.05, 3.63) is 24.3 Å². The predicted octanol–water partition coefficient (Wildman–Crippen LogP) is 3.04. The van der Waals surface area contributed by atoms with E-state index in [9.17, 15) is 45.6 Å². The van der Waals surface area contributed by atoms with Gasteiger partial charge in [-0.2, -0.15) is 0 Å². The summed E-state index contributed by atoms with van der Waals surface area (Å²) in [7, 11) is 0. The lowest BCUT2D eigenvalue weighted by molar-refractivity contribution is -0.359. The van der Waals surface area contributed by atoms with Gasteiger partial charge in [0.2, 0.25) is 5.91 Å². The number of hydrogen-bond acceptors (Lipinski definition) is 13. The highest BCUT2D eigenvalue weighted by Gasteiger charge is 2.50. The number of nitrogens with one attached hydrogen (secondary N) is 1. The summed E-state index contributed by atoms with van der Waals surface area (Å²) in [5.41, 5.74) is 0. The smallest absolute Gasteiger partial charge is 0.220 e. The average Bonchev–Trinajstić information content (AvgIpc) is 3.18. The van der Waals surface area contributed by atoms with E-state index < -0.39 is 86.8 Å². The van der Waals surface area contributed by atoms with Gasteiger partial charge in [0.15, 0.2) is 12.6 Å². The number of unbranched alkanes of at least 4 members (excludes halogenated alkanes) is 13. The van der Waals surface area contributed by atoms with Crippen LogP contribution >= 0.6 is 0 Å². The molecule has 9 N–H and O–H groups in total. The molecule has 0 aromatic heterocycles. The summed E-state index contributed by atoms with van der Waals surface area (Å²) < 4.78 is 22.4. The summed E-state index contributed by atoms with van der Waals surface area (Å²) in [6, 6.07) is -0.825. The van der Waals surface area contributed by atoms with E-state index in [4.69, 9.17) is 18.9 Å². The van der Waals surface area contributed by atoms with Crippen molar-refractivity contribution in [2.45, 2.75) is 209 Å². The van der Waals surface area contributed by atoms with Crippen LogP contribution in [0.2, 0.25) is 0 Å². The lowest BCUT2D eigenvalue weighted by Crippen LogP contribution is -2.65. The second-order valence-corrected chi connectivity index (χ2v) is 15.1. The number of carbonyl (C=O) groups excluding carboxylic acids is 1. The van der Waals surface area contributed by atoms with Crippen LogP contribution in [0.1, 0.15) is 136 Å². The third-order valence-electron chi connectivity index (χ3n) is 10.4. The summed E-state index contributed by atoms with van der Waals surface area (Å²) in [5, 5.41) is 85.7. The maximum atomic E-state index is 12.9. The van der Waals surface area contributed by atoms with Gasteiger partial charge in [0.25, 0.3) is 0 Å². The summed E-state index contributed by atoms with van der Waals surface area (Å²) in [6.45, 7) is 2.61. The molecular formula is C41H75NO13. The zero-order chi connectivity index (χ0) is 40.4. The molecule has 0 aliphatic carbocycles. The fourth-order valence-corrected chi connectivity index (χ4v) is 6.85. The monoisotopic (exact) mass is 790 g/mol. The van der Waals surface area contributed by atoms with E-state index in [1.54, 1.807) is 0 Å². The Hall–Kier alpha value is -1.53. The second kappa shape index (κ2) is 29.6. The maximum Gasteiger partial charge on any atom is 0.220 e. The van der Waals surface area contributed by atoms with Crippen molar-refractivity contribution in [2.75, 3.05) is 19.8 Å². The molecule has 12 atom stereocenters. The largest absolute Gasteiger partial charge is 0.394 e. The van der Waals surface area contributed by atoms with Crippen LogP contribution in [-0.2, 0) is 23.7 Å². The van der Waals surface area contributed by atoms with Crippen LogP contribution in [0.15, 0.2) is 24.3 Å². The summed E-state index contributed by atoms with van der Waals surface area (Å²) in [5.74, 6) is -0.229. The number of ether oxygens (including phenoxy) is 4. The standard InChI is InChI=1S/C41H75NO13/c1-3-5-7-8-9-10-11-12-13-14-15-16-17-18-19-20-21-23-25-33(46)42-29(30(45)24-22-6-4-2)28-52-40-38(51)36(49)39(32(27-44)54-40)55-41-37(50)35(48)34(47)31(26-43)53-41/h10-11,13-14,29-32,34-41,43-45,47-51H,3-9,12,15-28H2,1-2H3,(H,42,46)/b11-10-,14-13-. The zero-order valence-corrected chi connectivity index (χ0v) is 33.4. The van der Waals surface area contributed by atoms with E-state index in [1.807, 2.05) is 6.92 Å². The van der Waals surface area contributed by atoms with Crippen molar-refractivity contribution in [2.24, 2.45) is 0 Å². The summed E-state index contributed by atoms with van der Waals surface area (Å²) in [6.07, 6.45) is 11.5. The molecule has 14 heteroatoms. The molecule has 14 nitrogen and oxygen atoms in total. The van der Waals surface area contributed by atoms with E-state index in [0.29, 0.717) is 19.3 Å². The number of aliphatic hydroxyl groups excluding tert-OH is 8. The highest BCUT2D eigenvalue weighted by Crippen LogP contribution is 2.30. The Bertz CT molecular complexity index is 1030. The van der Waals surface area contributed by atoms with Gasteiger partial charge in [-0.25, -0.2) is 0 Å². The van der Waals surface area contributed by atoms with Crippen LogP contribution < -0.4 is 5.32 Å². The van der Waals surface area contributed by atoms with Crippen molar-refractivity contribution in [1.82, 2.24) is 5.32 Å². The molecule has 0 bridgehead atoms. The Morgan fingerprint density at radius 3 is 1.82 bits per heavy atom. The van der Waals surface area contributed by atoms with Crippen LogP contribution in [0.25, 0.3) is 0 Å². The van der Waals surface area contributed by atoms with Crippen LogP contribution in [0.4, 0.5) is 0 Å². The molecule has 55 heavy (non-hydrogen) atoms. The topological polar surface area (TPSA) is 228 Å². The Morgan fingerprint density at radius 1 is 0.655 bits per heavy atom. The van der Waals surface area contributed by atoms with Crippen LogP contribution in [0.3, 0.4) is 0 Å². The van der Waals surface area contributed by atoms with Gasteiger partial charge in [-0.15, -0.1) is 0 Å². The van der Waals surface area contributed by atoms with Crippen molar-refractivity contribution in [1.29, 1.82) is 0 Å². The average molecular weight is 790 g/mol. The molecule has 2 aliphatic heterocycles. The first-order valence-electron chi connectivity index (χ1n) is 21.1. The number of amides is 1. The molecule has 0 aromatic rings. The maximum absolute atomic E-state index is 12.9. The Kier molecular flexibility index (Phi) is 26.7. The fourth-order valence-electron chi connectivity index (χ4n) is 6.85. The van der Waals surface area contributed by atoms with E-state index >= 15 is 0 Å². The minimum absolute atomic E-state index is 0.229. The van der Waals surface area contributed by atoms with Gasteiger partial charge >= 0.3 is 0 Å². The molecule has 1 amide bonds. The van der Waals surface area contributed by atoms with Crippen molar-refractivity contribution >= 4 is 5.91 Å². The Morgan fingerprint density at radius 2 is 1.20 bits per heavy atom. The molecule has 12 unspecified atom stereocenters.